The van der Waals surface area contributed by atoms with Crippen molar-refractivity contribution in [3.63, 3.8) is 0 Å². The average molecular weight is 347 g/mol. The highest BCUT2D eigenvalue weighted by atomic mass is 16.5. The van der Waals surface area contributed by atoms with Gasteiger partial charge in [-0.2, -0.15) is 0 Å². The average Bonchev–Trinajstić information content (AvgIpc) is 2.64. The minimum atomic E-state index is -1.28. The second-order valence-electron chi connectivity index (χ2n) is 6.90. The number of aliphatic carboxylic acids is 1. The van der Waals surface area contributed by atoms with Crippen molar-refractivity contribution in [1.82, 2.24) is 4.90 Å². The van der Waals surface area contributed by atoms with E-state index >= 15 is 0 Å². The molecule has 0 aliphatic carbocycles. The van der Waals surface area contributed by atoms with Crippen molar-refractivity contribution in [2.75, 3.05) is 19.7 Å². The summed E-state index contributed by atoms with van der Waals surface area (Å²) in [4.78, 5) is 26.1. The van der Waals surface area contributed by atoms with E-state index in [1.54, 1.807) is 17.0 Å². The molecule has 0 spiro atoms. The van der Waals surface area contributed by atoms with E-state index in [1.807, 2.05) is 19.1 Å². The molecule has 2 aliphatic heterocycles. The molecule has 0 unspecified atom stereocenters. The minimum absolute atomic E-state index is 0.0194. The van der Waals surface area contributed by atoms with E-state index in [-0.39, 0.29) is 24.9 Å². The third-order valence-corrected chi connectivity index (χ3v) is 5.06. The van der Waals surface area contributed by atoms with E-state index in [1.165, 1.54) is 0 Å². The molecule has 6 nitrogen and oxygen atoms in total. The first-order valence-electron chi connectivity index (χ1n) is 8.90. The topological polar surface area (TPSA) is 76.1 Å². The van der Waals surface area contributed by atoms with Crippen molar-refractivity contribution in [3.8, 4) is 5.75 Å². The van der Waals surface area contributed by atoms with Crippen LogP contribution in [-0.4, -0.2) is 53.3 Å². The van der Waals surface area contributed by atoms with Gasteiger partial charge in [-0.05, 0) is 38.3 Å². The molecule has 1 aromatic rings. The lowest BCUT2D eigenvalue weighted by Crippen LogP contribution is -2.56. The largest absolute Gasteiger partial charge is 0.478 e. The quantitative estimate of drug-likeness (QED) is 0.905. The van der Waals surface area contributed by atoms with Gasteiger partial charge in [-0.25, -0.2) is 4.79 Å². The van der Waals surface area contributed by atoms with E-state index in [2.05, 4.69) is 0 Å². The van der Waals surface area contributed by atoms with Crippen LogP contribution in [0.15, 0.2) is 24.3 Å². The highest BCUT2D eigenvalue weighted by Crippen LogP contribution is 2.30. The zero-order valence-corrected chi connectivity index (χ0v) is 14.6. The molecule has 6 heteroatoms. The Hall–Kier alpha value is -2.08. The maximum Gasteiger partial charge on any atom is 0.348 e. The van der Waals surface area contributed by atoms with Crippen LogP contribution in [0.1, 0.15) is 37.7 Å². The van der Waals surface area contributed by atoms with Crippen molar-refractivity contribution in [2.24, 2.45) is 0 Å². The van der Waals surface area contributed by atoms with Gasteiger partial charge in [-0.1, -0.05) is 17.7 Å². The molecule has 25 heavy (non-hydrogen) atoms. The van der Waals surface area contributed by atoms with Crippen LogP contribution in [-0.2, 0) is 14.3 Å². The van der Waals surface area contributed by atoms with Crippen molar-refractivity contribution < 1.29 is 24.2 Å². The van der Waals surface area contributed by atoms with Gasteiger partial charge in [0.2, 0.25) is 5.60 Å². The van der Waals surface area contributed by atoms with Gasteiger partial charge in [0.25, 0.3) is 5.91 Å². The Morgan fingerprint density at radius 2 is 1.88 bits per heavy atom. The molecule has 0 radical (unpaired) electrons. The Labute approximate surface area is 147 Å². The fourth-order valence-corrected chi connectivity index (χ4v) is 3.42. The van der Waals surface area contributed by atoms with Crippen molar-refractivity contribution in [2.45, 2.75) is 50.7 Å². The van der Waals surface area contributed by atoms with E-state index in [0.717, 1.165) is 24.8 Å². The van der Waals surface area contributed by atoms with Crippen molar-refractivity contribution in [1.29, 1.82) is 0 Å². The SMILES string of the molecule is Cc1ccc(OC2(C(=O)O)CCN(C(=O)[C@@H]3CCCCO3)CC2)cc1. The summed E-state index contributed by atoms with van der Waals surface area (Å²) in [5.74, 6) is -0.452. The molecule has 2 aliphatic rings. The molecule has 1 aromatic carbocycles. The van der Waals surface area contributed by atoms with E-state index in [9.17, 15) is 14.7 Å². The Balaban J connectivity index is 1.64. The third-order valence-electron chi connectivity index (χ3n) is 5.06. The monoisotopic (exact) mass is 347 g/mol. The smallest absolute Gasteiger partial charge is 0.348 e. The summed E-state index contributed by atoms with van der Waals surface area (Å²) >= 11 is 0. The molecule has 1 N–H and O–H groups in total. The van der Waals surface area contributed by atoms with Gasteiger partial charge in [0.05, 0.1) is 0 Å². The van der Waals surface area contributed by atoms with Crippen LogP contribution < -0.4 is 4.74 Å². The third kappa shape index (κ3) is 3.95. The number of hydrogen-bond donors (Lipinski definition) is 1. The number of piperidine rings is 1. The highest BCUT2D eigenvalue weighted by Gasteiger charge is 2.45. The molecular formula is C19H25NO5. The number of nitrogens with zero attached hydrogens (tertiary/aromatic N) is 1. The number of amides is 1. The number of carboxylic acid groups (broad SMARTS) is 1. The highest BCUT2D eigenvalue weighted by molar-refractivity contribution is 5.82. The summed E-state index contributed by atoms with van der Waals surface area (Å²) in [6.45, 7) is 3.34. The van der Waals surface area contributed by atoms with Gasteiger partial charge in [0.15, 0.2) is 0 Å². The van der Waals surface area contributed by atoms with E-state index in [4.69, 9.17) is 9.47 Å². The maximum absolute atomic E-state index is 12.5. The number of likely N-dealkylation sites (tertiary alicyclic amines) is 1. The molecule has 2 fully saturated rings. The van der Waals surface area contributed by atoms with Gasteiger partial charge in [0.1, 0.15) is 11.9 Å². The van der Waals surface area contributed by atoms with Crippen molar-refractivity contribution in [3.05, 3.63) is 29.8 Å². The first-order chi connectivity index (χ1) is 12.0. The summed E-state index contributed by atoms with van der Waals surface area (Å²) in [5.41, 5.74) is -0.191. The Morgan fingerprint density at radius 1 is 1.20 bits per heavy atom. The molecule has 0 saturated carbocycles. The number of ether oxygens (including phenoxy) is 2. The zero-order chi connectivity index (χ0) is 17.9. The van der Waals surface area contributed by atoms with Crippen LogP contribution in [0.2, 0.25) is 0 Å². The second-order valence-corrected chi connectivity index (χ2v) is 6.90. The molecule has 136 valence electrons. The van der Waals surface area contributed by atoms with Crippen molar-refractivity contribution >= 4 is 11.9 Å². The number of carbonyl (C=O) groups excluding carboxylic acids is 1. The standard InChI is InChI=1S/C19H25NO5/c1-14-5-7-15(8-6-14)25-19(18(22)23)9-11-20(12-10-19)17(21)16-4-2-3-13-24-16/h5-8,16H,2-4,9-13H2,1H3,(H,22,23)/t16-/m0/s1. The molecule has 1 amide bonds. The van der Waals surface area contributed by atoms with E-state index < -0.39 is 11.6 Å². The summed E-state index contributed by atoms with van der Waals surface area (Å²) in [7, 11) is 0. The Morgan fingerprint density at radius 3 is 2.44 bits per heavy atom. The fourth-order valence-electron chi connectivity index (χ4n) is 3.42. The Bertz CT molecular complexity index is 613. The molecule has 2 heterocycles. The van der Waals surface area contributed by atoms with Crippen LogP contribution in [0.5, 0.6) is 5.75 Å². The van der Waals surface area contributed by atoms with Crippen LogP contribution in [0.25, 0.3) is 0 Å². The van der Waals surface area contributed by atoms with Gasteiger partial charge in [0, 0.05) is 32.5 Å². The van der Waals surface area contributed by atoms with Crippen LogP contribution in [0.3, 0.4) is 0 Å². The molecular weight excluding hydrogens is 322 g/mol. The lowest BCUT2D eigenvalue weighted by Gasteiger charge is -2.40. The number of aryl methyl sites for hydroxylation is 1. The molecule has 1 atom stereocenters. The predicted molar refractivity (Wildman–Crippen MR) is 91.6 cm³/mol. The number of carbonyl (C=O) groups is 2. The molecule has 0 bridgehead atoms. The number of rotatable bonds is 4. The van der Waals surface area contributed by atoms with Gasteiger partial charge >= 0.3 is 5.97 Å². The van der Waals surface area contributed by atoms with Crippen LogP contribution in [0, 0.1) is 6.92 Å². The van der Waals surface area contributed by atoms with Gasteiger partial charge < -0.3 is 19.5 Å². The number of benzene rings is 1. The lowest BCUT2D eigenvalue weighted by atomic mass is 9.90. The zero-order valence-electron chi connectivity index (χ0n) is 14.6. The van der Waals surface area contributed by atoms with Crippen LogP contribution in [0.4, 0.5) is 0 Å². The Kier molecular flexibility index (Phi) is 5.27. The van der Waals surface area contributed by atoms with Crippen LogP contribution >= 0.6 is 0 Å². The first kappa shape index (κ1) is 17.7. The maximum atomic E-state index is 12.5. The summed E-state index contributed by atoms with van der Waals surface area (Å²) in [6.07, 6.45) is 2.92. The lowest BCUT2D eigenvalue weighted by molar-refractivity contribution is -0.164. The van der Waals surface area contributed by atoms with Gasteiger partial charge in [-0.3, -0.25) is 4.79 Å². The fraction of sp³-hybridized carbons (Fsp3) is 0.579. The summed E-state index contributed by atoms with van der Waals surface area (Å²) < 4.78 is 11.4. The summed E-state index contributed by atoms with van der Waals surface area (Å²) in [5, 5.41) is 9.73. The predicted octanol–water partition coefficient (Wildman–Crippen LogP) is 2.39. The first-order valence-corrected chi connectivity index (χ1v) is 8.90. The normalized spacial score (nSPS) is 23.1. The molecule has 2 saturated heterocycles. The molecule has 3 rings (SSSR count). The summed E-state index contributed by atoms with van der Waals surface area (Å²) in [6, 6.07) is 7.36. The minimum Gasteiger partial charge on any atom is -0.478 e. The number of hydrogen-bond acceptors (Lipinski definition) is 4. The van der Waals surface area contributed by atoms with E-state index in [0.29, 0.717) is 25.4 Å². The second kappa shape index (κ2) is 7.44. The number of carboxylic acids is 1. The molecule has 0 aromatic heterocycles. The van der Waals surface area contributed by atoms with Gasteiger partial charge in [-0.15, -0.1) is 0 Å².